The van der Waals surface area contributed by atoms with E-state index < -0.39 is 5.76 Å². The van der Waals surface area contributed by atoms with Gasteiger partial charge in [0, 0.05) is 11.9 Å². The van der Waals surface area contributed by atoms with Crippen molar-refractivity contribution in [2.24, 2.45) is 0 Å². The number of fused-ring (bicyclic) bond motifs is 3. The van der Waals surface area contributed by atoms with E-state index in [0.29, 0.717) is 23.2 Å². The van der Waals surface area contributed by atoms with Gasteiger partial charge < -0.3 is 9.40 Å². The number of oxazole rings is 1. The Morgan fingerprint density at radius 3 is 2.76 bits per heavy atom. The zero-order valence-electron chi connectivity index (χ0n) is 12.0. The molecule has 0 atom stereocenters. The van der Waals surface area contributed by atoms with E-state index in [0.717, 1.165) is 31.1 Å². The Bertz CT molecular complexity index is 886. The Hall–Kier alpha value is -2.30. The second-order valence-electron chi connectivity index (χ2n) is 5.26. The fourth-order valence-electron chi connectivity index (χ4n) is 2.68. The van der Waals surface area contributed by atoms with Gasteiger partial charge in [0.2, 0.25) is 0 Å². The molecule has 0 saturated heterocycles. The highest BCUT2D eigenvalue weighted by Gasteiger charge is 2.15. The van der Waals surface area contributed by atoms with Gasteiger partial charge in [-0.25, -0.2) is 4.79 Å². The fraction of sp³-hybridized carbons (Fsp3) is 0.375. The number of hydrogen-bond acceptors (Lipinski definition) is 3. The Labute approximate surface area is 121 Å². The maximum atomic E-state index is 12.2. The van der Waals surface area contributed by atoms with E-state index in [2.05, 4.69) is 11.9 Å². The van der Waals surface area contributed by atoms with Crippen LogP contribution in [0.25, 0.3) is 22.0 Å². The van der Waals surface area contributed by atoms with E-state index in [1.807, 2.05) is 18.2 Å². The number of para-hydroxylation sites is 1. The van der Waals surface area contributed by atoms with Gasteiger partial charge in [-0.05, 0) is 18.6 Å². The summed E-state index contributed by atoms with van der Waals surface area (Å²) in [5.74, 6) is -0.455. The molecule has 1 N–H and O–H groups in total. The molecule has 0 aliphatic carbocycles. The van der Waals surface area contributed by atoms with Crippen LogP contribution in [-0.2, 0) is 6.54 Å². The van der Waals surface area contributed by atoms with Gasteiger partial charge >= 0.3 is 5.76 Å². The molecule has 1 aromatic carbocycles. The average molecular weight is 286 g/mol. The van der Waals surface area contributed by atoms with Gasteiger partial charge in [-0.1, -0.05) is 38.3 Å². The second-order valence-corrected chi connectivity index (χ2v) is 5.26. The number of unbranched alkanes of at least 4 members (excludes halogenated alkanes) is 3. The molecule has 2 aromatic heterocycles. The number of aromatic amines is 1. The Morgan fingerprint density at radius 2 is 1.95 bits per heavy atom. The van der Waals surface area contributed by atoms with Crippen molar-refractivity contribution < 1.29 is 4.42 Å². The molecule has 0 unspecified atom stereocenters. The molecule has 5 nitrogen and oxygen atoms in total. The van der Waals surface area contributed by atoms with Crippen molar-refractivity contribution >= 4 is 22.0 Å². The van der Waals surface area contributed by atoms with Crippen molar-refractivity contribution in [1.29, 1.82) is 0 Å². The van der Waals surface area contributed by atoms with E-state index in [4.69, 9.17) is 4.42 Å². The molecule has 0 aliphatic rings. The number of rotatable bonds is 5. The molecule has 0 spiro atoms. The first kappa shape index (κ1) is 13.7. The summed E-state index contributed by atoms with van der Waals surface area (Å²) in [5, 5.41) is 0.761. The van der Waals surface area contributed by atoms with Gasteiger partial charge in [-0.3, -0.25) is 9.36 Å². The summed E-state index contributed by atoms with van der Waals surface area (Å²) in [6.07, 6.45) is 4.17. The number of nitrogens with zero attached hydrogens (tertiary/aromatic N) is 1. The fourth-order valence-corrected chi connectivity index (χ4v) is 2.68. The van der Waals surface area contributed by atoms with Crippen LogP contribution in [0.1, 0.15) is 32.6 Å². The second kappa shape index (κ2) is 5.60. The third-order valence-electron chi connectivity index (χ3n) is 3.76. The van der Waals surface area contributed by atoms with Crippen LogP contribution in [-0.4, -0.2) is 9.55 Å². The largest absolute Gasteiger partial charge is 0.420 e. The number of pyridine rings is 1. The van der Waals surface area contributed by atoms with E-state index in [1.165, 1.54) is 4.57 Å². The molecule has 5 heteroatoms. The highest BCUT2D eigenvalue weighted by atomic mass is 16.4. The van der Waals surface area contributed by atoms with E-state index in [9.17, 15) is 9.59 Å². The van der Waals surface area contributed by atoms with Gasteiger partial charge in [0.05, 0.1) is 5.52 Å². The van der Waals surface area contributed by atoms with Crippen molar-refractivity contribution in [3.63, 3.8) is 0 Å². The van der Waals surface area contributed by atoms with Crippen molar-refractivity contribution in [2.75, 3.05) is 0 Å². The lowest BCUT2D eigenvalue weighted by Crippen LogP contribution is -2.19. The number of nitrogens with one attached hydrogen (secondary N) is 1. The maximum Gasteiger partial charge on any atom is 0.420 e. The Morgan fingerprint density at radius 1 is 1.14 bits per heavy atom. The monoisotopic (exact) mass is 286 g/mol. The summed E-state index contributed by atoms with van der Waals surface area (Å²) >= 11 is 0. The normalized spacial score (nSPS) is 11.5. The SMILES string of the molecule is CCCCCCn1c(=O)oc2c3ccccc3[nH]c(=O)c21. The van der Waals surface area contributed by atoms with Crippen LogP contribution in [0.3, 0.4) is 0 Å². The first-order valence-electron chi connectivity index (χ1n) is 7.36. The van der Waals surface area contributed by atoms with Crippen LogP contribution >= 0.6 is 0 Å². The minimum absolute atomic E-state index is 0.273. The van der Waals surface area contributed by atoms with Crippen molar-refractivity contribution in [3.05, 3.63) is 45.2 Å². The Kier molecular flexibility index (Phi) is 3.64. The lowest BCUT2D eigenvalue weighted by atomic mass is 10.2. The average Bonchev–Trinajstić information content (AvgIpc) is 2.81. The molecule has 2 heterocycles. The van der Waals surface area contributed by atoms with Crippen LogP contribution in [0, 0.1) is 0 Å². The number of hydrogen-bond donors (Lipinski definition) is 1. The van der Waals surface area contributed by atoms with Crippen molar-refractivity contribution in [3.8, 4) is 0 Å². The summed E-state index contributed by atoms with van der Waals surface area (Å²) < 4.78 is 6.79. The number of aromatic nitrogens is 2. The minimum atomic E-state index is -0.455. The standard InChI is InChI=1S/C16H18N2O3/c1-2-3-4-7-10-18-13-14(21-16(18)20)11-8-5-6-9-12(11)17-15(13)19/h5-6,8-9H,2-4,7,10H2,1H3,(H,17,19). The summed E-state index contributed by atoms with van der Waals surface area (Å²) in [6.45, 7) is 2.66. The predicted molar refractivity (Wildman–Crippen MR) is 82.7 cm³/mol. The van der Waals surface area contributed by atoms with Gasteiger partial charge in [-0.15, -0.1) is 0 Å². The van der Waals surface area contributed by atoms with E-state index in [-0.39, 0.29) is 5.56 Å². The van der Waals surface area contributed by atoms with Crippen LogP contribution in [0.2, 0.25) is 0 Å². The quantitative estimate of drug-likeness (QED) is 0.733. The topological polar surface area (TPSA) is 68.0 Å². The molecule has 0 aliphatic heterocycles. The van der Waals surface area contributed by atoms with Gasteiger partial charge in [0.25, 0.3) is 5.56 Å². The Balaban J connectivity index is 2.13. The summed E-state index contributed by atoms with van der Waals surface area (Å²) in [7, 11) is 0. The van der Waals surface area contributed by atoms with Crippen LogP contribution in [0.15, 0.2) is 38.3 Å². The van der Waals surface area contributed by atoms with Crippen molar-refractivity contribution in [2.45, 2.75) is 39.2 Å². The first-order valence-corrected chi connectivity index (χ1v) is 7.36. The zero-order valence-corrected chi connectivity index (χ0v) is 12.0. The minimum Gasteiger partial charge on any atom is -0.407 e. The molecule has 0 fully saturated rings. The molecule has 3 rings (SSSR count). The molecule has 0 saturated carbocycles. The lowest BCUT2D eigenvalue weighted by molar-refractivity contribution is 0.489. The van der Waals surface area contributed by atoms with E-state index in [1.54, 1.807) is 6.07 Å². The molecule has 3 aromatic rings. The lowest BCUT2D eigenvalue weighted by Gasteiger charge is -2.02. The molecule has 21 heavy (non-hydrogen) atoms. The molecule has 110 valence electrons. The first-order chi connectivity index (χ1) is 10.2. The van der Waals surface area contributed by atoms with Gasteiger partial charge in [0.15, 0.2) is 11.1 Å². The summed E-state index contributed by atoms with van der Waals surface area (Å²) in [4.78, 5) is 27.1. The van der Waals surface area contributed by atoms with Gasteiger partial charge in [0.1, 0.15) is 0 Å². The molecular formula is C16H18N2O3. The summed E-state index contributed by atoms with van der Waals surface area (Å²) in [6, 6.07) is 7.34. The maximum absolute atomic E-state index is 12.2. The number of benzene rings is 1. The van der Waals surface area contributed by atoms with Crippen LogP contribution in [0.4, 0.5) is 0 Å². The van der Waals surface area contributed by atoms with Crippen LogP contribution < -0.4 is 11.3 Å². The zero-order chi connectivity index (χ0) is 14.8. The third kappa shape index (κ3) is 2.39. The van der Waals surface area contributed by atoms with Gasteiger partial charge in [-0.2, -0.15) is 0 Å². The highest BCUT2D eigenvalue weighted by molar-refractivity contribution is 6.00. The van der Waals surface area contributed by atoms with Crippen LogP contribution in [0.5, 0.6) is 0 Å². The predicted octanol–water partition coefficient (Wildman–Crippen LogP) is 3.02. The molecule has 0 bridgehead atoms. The highest BCUT2D eigenvalue weighted by Crippen LogP contribution is 2.20. The number of aryl methyl sites for hydroxylation is 1. The molecule has 0 amide bonds. The molecule has 0 radical (unpaired) electrons. The number of H-pyrrole nitrogens is 1. The summed E-state index contributed by atoms with van der Waals surface area (Å²) in [5.41, 5.74) is 1.14. The van der Waals surface area contributed by atoms with Crippen molar-refractivity contribution in [1.82, 2.24) is 9.55 Å². The molecular weight excluding hydrogens is 268 g/mol. The third-order valence-corrected chi connectivity index (χ3v) is 3.76. The smallest absolute Gasteiger partial charge is 0.407 e. The van der Waals surface area contributed by atoms with E-state index >= 15 is 0 Å².